The quantitative estimate of drug-likeness (QED) is 0.630. The number of hydrogen-bond donors (Lipinski definition) is 3. The highest BCUT2D eigenvalue weighted by molar-refractivity contribution is 5.78. The van der Waals surface area contributed by atoms with Gasteiger partial charge in [-0.05, 0) is 19.3 Å². The first-order valence-corrected chi connectivity index (χ1v) is 6.40. The molecule has 0 saturated heterocycles. The van der Waals surface area contributed by atoms with Crippen molar-refractivity contribution < 1.29 is 9.90 Å². The minimum atomic E-state index is -0.345. The van der Waals surface area contributed by atoms with Gasteiger partial charge < -0.3 is 15.7 Å². The van der Waals surface area contributed by atoms with E-state index in [-0.39, 0.29) is 12.0 Å². The highest BCUT2D eigenvalue weighted by Gasteiger charge is 2.15. The lowest BCUT2D eigenvalue weighted by Gasteiger charge is -2.22. The third-order valence-electron chi connectivity index (χ3n) is 3.11. The summed E-state index contributed by atoms with van der Waals surface area (Å²) in [4.78, 5) is 11.5. The lowest BCUT2D eigenvalue weighted by molar-refractivity contribution is -0.121. The molecule has 0 aliphatic heterocycles. The van der Waals surface area contributed by atoms with E-state index in [4.69, 9.17) is 0 Å². The van der Waals surface area contributed by atoms with E-state index in [1.54, 1.807) is 0 Å². The maximum Gasteiger partial charge on any atom is 0.234 e. The summed E-state index contributed by atoms with van der Waals surface area (Å²) in [5.74, 6) is 0.0511. The summed E-state index contributed by atoms with van der Waals surface area (Å²) in [6.45, 7) is 2.73. The maximum atomic E-state index is 11.5. The maximum absolute atomic E-state index is 11.5. The van der Waals surface area contributed by atoms with Gasteiger partial charge in [-0.2, -0.15) is 0 Å². The molecule has 1 aliphatic rings. The SMILES string of the molecule is CCC(O)CNCC(=O)NC1CCCCC1. The Morgan fingerprint density at radius 3 is 2.69 bits per heavy atom. The minimum Gasteiger partial charge on any atom is -0.392 e. The zero-order valence-corrected chi connectivity index (χ0v) is 10.2. The van der Waals surface area contributed by atoms with Crippen molar-refractivity contribution >= 4 is 5.91 Å². The Labute approximate surface area is 97.8 Å². The summed E-state index contributed by atoms with van der Waals surface area (Å²) in [6.07, 6.45) is 6.36. The molecular formula is C12H24N2O2. The van der Waals surface area contributed by atoms with Crippen molar-refractivity contribution in [3.63, 3.8) is 0 Å². The molecule has 0 aromatic carbocycles. The molecule has 16 heavy (non-hydrogen) atoms. The molecule has 3 N–H and O–H groups in total. The van der Waals surface area contributed by atoms with Gasteiger partial charge in [-0.25, -0.2) is 0 Å². The van der Waals surface area contributed by atoms with Gasteiger partial charge in [-0.3, -0.25) is 4.79 Å². The van der Waals surface area contributed by atoms with Gasteiger partial charge in [0.25, 0.3) is 0 Å². The van der Waals surface area contributed by atoms with E-state index in [9.17, 15) is 9.90 Å². The molecule has 0 aromatic rings. The number of hydrogen-bond acceptors (Lipinski definition) is 3. The van der Waals surface area contributed by atoms with Gasteiger partial charge in [0.15, 0.2) is 0 Å². The van der Waals surface area contributed by atoms with Crippen LogP contribution >= 0.6 is 0 Å². The molecule has 1 unspecified atom stereocenters. The second-order valence-corrected chi connectivity index (χ2v) is 4.60. The van der Waals surface area contributed by atoms with Crippen LogP contribution in [0.25, 0.3) is 0 Å². The van der Waals surface area contributed by atoms with Crippen LogP contribution in [0.1, 0.15) is 45.4 Å². The molecule has 0 aromatic heterocycles. The van der Waals surface area contributed by atoms with Gasteiger partial charge in [0.2, 0.25) is 5.91 Å². The molecule has 1 amide bonds. The number of rotatable bonds is 6. The summed E-state index contributed by atoms with van der Waals surface area (Å²) < 4.78 is 0. The predicted octanol–water partition coefficient (Wildman–Crippen LogP) is 0.796. The summed E-state index contributed by atoms with van der Waals surface area (Å²) in [6, 6.07) is 0.374. The predicted molar refractivity (Wildman–Crippen MR) is 64.2 cm³/mol. The Morgan fingerprint density at radius 1 is 1.38 bits per heavy atom. The van der Waals surface area contributed by atoms with Gasteiger partial charge in [-0.15, -0.1) is 0 Å². The van der Waals surface area contributed by atoms with E-state index < -0.39 is 0 Å². The van der Waals surface area contributed by atoms with Crippen LogP contribution in [0.4, 0.5) is 0 Å². The Balaban J connectivity index is 2.05. The molecule has 1 aliphatic carbocycles. The fourth-order valence-corrected chi connectivity index (χ4v) is 2.02. The van der Waals surface area contributed by atoms with Crippen molar-refractivity contribution in [1.82, 2.24) is 10.6 Å². The fourth-order valence-electron chi connectivity index (χ4n) is 2.02. The van der Waals surface area contributed by atoms with Crippen LogP contribution in [-0.4, -0.2) is 36.2 Å². The van der Waals surface area contributed by atoms with E-state index in [0.717, 1.165) is 19.3 Å². The number of aliphatic hydroxyl groups excluding tert-OH is 1. The second kappa shape index (κ2) is 7.63. The largest absolute Gasteiger partial charge is 0.392 e. The van der Waals surface area contributed by atoms with Crippen LogP contribution in [0.5, 0.6) is 0 Å². The molecule has 0 bridgehead atoms. The lowest BCUT2D eigenvalue weighted by Crippen LogP contribution is -2.42. The van der Waals surface area contributed by atoms with Crippen LogP contribution in [0, 0.1) is 0 Å². The van der Waals surface area contributed by atoms with Crippen molar-refractivity contribution in [3.05, 3.63) is 0 Å². The molecule has 1 saturated carbocycles. The Kier molecular flexibility index (Phi) is 6.42. The van der Waals surface area contributed by atoms with Crippen molar-refractivity contribution in [1.29, 1.82) is 0 Å². The summed E-state index contributed by atoms with van der Waals surface area (Å²) in [5.41, 5.74) is 0. The molecular weight excluding hydrogens is 204 g/mol. The lowest BCUT2D eigenvalue weighted by atomic mass is 9.95. The topological polar surface area (TPSA) is 61.4 Å². The van der Waals surface area contributed by atoms with Crippen molar-refractivity contribution in [2.45, 2.75) is 57.6 Å². The number of nitrogens with one attached hydrogen (secondary N) is 2. The smallest absolute Gasteiger partial charge is 0.234 e. The van der Waals surface area contributed by atoms with E-state index in [0.29, 0.717) is 19.1 Å². The number of amides is 1. The minimum absolute atomic E-state index is 0.0511. The number of aliphatic hydroxyl groups is 1. The zero-order valence-electron chi connectivity index (χ0n) is 10.2. The van der Waals surface area contributed by atoms with Crippen LogP contribution < -0.4 is 10.6 Å². The van der Waals surface area contributed by atoms with Crippen LogP contribution in [0.2, 0.25) is 0 Å². The first kappa shape index (κ1) is 13.5. The number of carbonyl (C=O) groups is 1. The van der Waals surface area contributed by atoms with Crippen molar-refractivity contribution in [2.24, 2.45) is 0 Å². The third kappa shape index (κ3) is 5.47. The third-order valence-corrected chi connectivity index (χ3v) is 3.11. The highest BCUT2D eigenvalue weighted by atomic mass is 16.3. The zero-order chi connectivity index (χ0) is 11.8. The second-order valence-electron chi connectivity index (χ2n) is 4.60. The van der Waals surface area contributed by atoms with Crippen LogP contribution in [0.15, 0.2) is 0 Å². The van der Waals surface area contributed by atoms with E-state index in [1.165, 1.54) is 19.3 Å². The van der Waals surface area contributed by atoms with E-state index in [2.05, 4.69) is 10.6 Å². The van der Waals surface area contributed by atoms with Gasteiger partial charge in [0, 0.05) is 12.6 Å². The van der Waals surface area contributed by atoms with Gasteiger partial charge in [0.1, 0.15) is 0 Å². The van der Waals surface area contributed by atoms with Gasteiger partial charge in [-0.1, -0.05) is 26.2 Å². The molecule has 4 nitrogen and oxygen atoms in total. The molecule has 94 valence electrons. The number of carbonyl (C=O) groups excluding carboxylic acids is 1. The first-order valence-electron chi connectivity index (χ1n) is 6.40. The molecule has 1 rings (SSSR count). The van der Waals surface area contributed by atoms with Crippen LogP contribution in [-0.2, 0) is 4.79 Å². The molecule has 1 fully saturated rings. The molecule has 1 atom stereocenters. The van der Waals surface area contributed by atoms with E-state index >= 15 is 0 Å². The average Bonchev–Trinajstić information content (AvgIpc) is 2.30. The molecule has 0 spiro atoms. The van der Waals surface area contributed by atoms with Gasteiger partial charge >= 0.3 is 0 Å². The van der Waals surface area contributed by atoms with Crippen molar-refractivity contribution in [3.8, 4) is 0 Å². The van der Waals surface area contributed by atoms with Crippen molar-refractivity contribution in [2.75, 3.05) is 13.1 Å². The Morgan fingerprint density at radius 2 is 2.06 bits per heavy atom. The Hall–Kier alpha value is -0.610. The van der Waals surface area contributed by atoms with Crippen LogP contribution in [0.3, 0.4) is 0 Å². The van der Waals surface area contributed by atoms with Gasteiger partial charge in [0.05, 0.1) is 12.6 Å². The molecule has 4 heteroatoms. The average molecular weight is 228 g/mol. The summed E-state index contributed by atoms with van der Waals surface area (Å²) in [7, 11) is 0. The monoisotopic (exact) mass is 228 g/mol. The summed E-state index contributed by atoms with van der Waals surface area (Å²) >= 11 is 0. The fraction of sp³-hybridized carbons (Fsp3) is 0.917. The summed E-state index contributed by atoms with van der Waals surface area (Å²) in [5, 5.41) is 15.3. The molecule has 0 heterocycles. The normalized spacial score (nSPS) is 19.4. The Bertz CT molecular complexity index is 203. The molecule has 0 radical (unpaired) electrons. The standard InChI is InChI=1S/C12H24N2O2/c1-2-11(15)8-13-9-12(16)14-10-6-4-3-5-7-10/h10-11,13,15H,2-9H2,1H3,(H,14,16). The highest BCUT2D eigenvalue weighted by Crippen LogP contribution is 2.16. The first-order chi connectivity index (χ1) is 7.72. The van der Waals surface area contributed by atoms with E-state index in [1.807, 2.05) is 6.92 Å².